The van der Waals surface area contributed by atoms with Crippen LogP contribution in [0, 0.1) is 5.92 Å². The molecule has 33 heavy (non-hydrogen) atoms. The monoisotopic (exact) mass is 477 g/mol. The lowest BCUT2D eigenvalue weighted by atomic mass is 10.0. The molecule has 3 N–H and O–H groups in total. The third-order valence-corrected chi connectivity index (χ3v) is 5.90. The van der Waals surface area contributed by atoms with Gasteiger partial charge in [0.1, 0.15) is 12.1 Å². The number of nitrogens with zero attached hydrogens (tertiary/aromatic N) is 1. The highest BCUT2D eigenvalue weighted by molar-refractivity contribution is 7.60. The van der Waals surface area contributed by atoms with Gasteiger partial charge in [-0.05, 0) is 49.6 Å². The molecule has 0 aromatic heterocycles. The normalized spacial score (nSPS) is 17.6. The molecule has 180 valence electrons. The molecule has 0 aliphatic carbocycles. The number of likely N-dealkylation sites (tertiary alicyclic amines) is 1. The summed E-state index contributed by atoms with van der Waals surface area (Å²) in [5, 5.41) is 7.47. The van der Waals surface area contributed by atoms with Gasteiger partial charge in [0.15, 0.2) is 0 Å². The van der Waals surface area contributed by atoms with Crippen LogP contribution in [0.4, 0.5) is 5.69 Å². The smallest absolute Gasteiger partial charge is 0.282 e. The molecule has 1 aromatic carbocycles. The summed E-state index contributed by atoms with van der Waals surface area (Å²) in [5.74, 6) is -2.28. The van der Waals surface area contributed by atoms with E-state index in [2.05, 4.69) is 28.6 Å². The summed E-state index contributed by atoms with van der Waals surface area (Å²) in [4.78, 5) is 62.4. The maximum Gasteiger partial charge on any atom is 0.282 e. The minimum absolute atomic E-state index is 0.0491. The molecule has 10 heteroatoms. The molecule has 0 bridgehead atoms. The molecule has 5 amide bonds. The average molecular weight is 478 g/mol. The number of aryl methyl sites for hydroxylation is 1. The van der Waals surface area contributed by atoms with Crippen molar-refractivity contribution in [1.29, 1.82) is 0 Å². The fraction of sp³-hybridized carbons (Fsp3) is 0.522. The SMILES string of the molecule is CCc1ccc(NC(=O)[C@H](C)NC(=O)C(NC(=O)CCN2C(=O)CC([SH2+])C2=O)C(C)C)cc1. The van der Waals surface area contributed by atoms with Crippen molar-refractivity contribution in [1.82, 2.24) is 15.5 Å². The Balaban J connectivity index is 1.88. The zero-order valence-corrected chi connectivity index (χ0v) is 20.4. The van der Waals surface area contributed by atoms with Crippen molar-refractivity contribution in [3.05, 3.63) is 29.8 Å². The standard InChI is InChI=1S/C23H32N4O5S/c1-5-15-6-8-16(9-7-15)25-21(30)14(4)24-22(31)20(13(2)3)26-18(28)10-11-27-19(29)12-17(33)23(27)32/h6-9,13-14,17,20,33H,5,10-12H2,1-4H3,(H,24,31)(H,25,30)(H,26,28)/p+1/t14-,17?,20?/m0/s1. The van der Waals surface area contributed by atoms with Crippen LogP contribution in [0.15, 0.2) is 24.3 Å². The highest BCUT2D eigenvalue weighted by atomic mass is 32.1. The fourth-order valence-corrected chi connectivity index (χ4v) is 3.69. The second-order valence-electron chi connectivity index (χ2n) is 8.45. The number of nitrogens with one attached hydrogen (secondary N) is 3. The van der Waals surface area contributed by atoms with Crippen LogP contribution < -0.4 is 16.0 Å². The van der Waals surface area contributed by atoms with E-state index in [1.807, 2.05) is 19.1 Å². The first-order valence-electron chi connectivity index (χ1n) is 11.1. The molecule has 1 aliphatic rings. The summed E-state index contributed by atoms with van der Waals surface area (Å²) in [7, 11) is 0. The van der Waals surface area contributed by atoms with Crippen LogP contribution in [0.2, 0.25) is 0 Å². The van der Waals surface area contributed by atoms with Crippen LogP contribution in [0.3, 0.4) is 0 Å². The molecule has 1 heterocycles. The van der Waals surface area contributed by atoms with Crippen LogP contribution in [0.1, 0.15) is 46.1 Å². The van der Waals surface area contributed by atoms with Crippen LogP contribution in [0.5, 0.6) is 0 Å². The maximum absolute atomic E-state index is 12.7. The largest absolute Gasteiger partial charge is 0.344 e. The van der Waals surface area contributed by atoms with Gasteiger partial charge in [-0.3, -0.25) is 28.9 Å². The first-order chi connectivity index (χ1) is 15.5. The molecule has 1 aromatic rings. The quantitative estimate of drug-likeness (QED) is 0.332. The van der Waals surface area contributed by atoms with E-state index >= 15 is 0 Å². The topological polar surface area (TPSA) is 125 Å². The van der Waals surface area contributed by atoms with Crippen molar-refractivity contribution in [3.63, 3.8) is 0 Å². The Bertz CT molecular complexity index is 903. The van der Waals surface area contributed by atoms with Crippen LogP contribution >= 0.6 is 0 Å². The van der Waals surface area contributed by atoms with E-state index in [-0.39, 0.29) is 43.0 Å². The zero-order valence-electron chi connectivity index (χ0n) is 19.4. The summed E-state index contributed by atoms with van der Waals surface area (Å²) >= 11 is 3.19. The molecule has 0 spiro atoms. The van der Waals surface area contributed by atoms with Gasteiger partial charge < -0.3 is 16.0 Å². The summed E-state index contributed by atoms with van der Waals surface area (Å²) < 4.78 is 0. The first kappa shape index (κ1) is 26.4. The van der Waals surface area contributed by atoms with Crippen molar-refractivity contribution in [2.24, 2.45) is 5.92 Å². The maximum atomic E-state index is 12.7. The van der Waals surface area contributed by atoms with E-state index in [0.29, 0.717) is 5.69 Å². The molecule has 2 rings (SSSR count). The lowest BCUT2D eigenvalue weighted by Crippen LogP contribution is -2.54. The van der Waals surface area contributed by atoms with Gasteiger partial charge in [0.2, 0.25) is 28.9 Å². The summed E-state index contributed by atoms with van der Waals surface area (Å²) in [6.07, 6.45) is 0.846. The van der Waals surface area contributed by atoms with Crippen LogP contribution in [-0.2, 0) is 43.0 Å². The number of anilines is 1. The summed E-state index contributed by atoms with van der Waals surface area (Å²) in [6, 6.07) is 5.75. The second kappa shape index (κ2) is 11.8. The van der Waals surface area contributed by atoms with Crippen LogP contribution in [-0.4, -0.2) is 58.3 Å². The van der Waals surface area contributed by atoms with E-state index in [1.54, 1.807) is 32.9 Å². The minimum Gasteiger partial charge on any atom is -0.344 e. The van der Waals surface area contributed by atoms with Gasteiger partial charge in [0.05, 0.1) is 6.42 Å². The molecule has 1 aliphatic heterocycles. The Morgan fingerprint density at radius 1 is 1.06 bits per heavy atom. The molecule has 0 radical (unpaired) electrons. The van der Waals surface area contributed by atoms with Crippen LogP contribution in [0.25, 0.3) is 0 Å². The molecule has 3 atom stereocenters. The fourth-order valence-electron chi connectivity index (χ4n) is 3.35. The average Bonchev–Trinajstić information content (AvgIpc) is 3.01. The highest BCUT2D eigenvalue weighted by Crippen LogP contribution is 2.14. The summed E-state index contributed by atoms with van der Waals surface area (Å²) in [6.45, 7) is 7.10. The number of rotatable bonds is 10. The predicted octanol–water partition coefficient (Wildman–Crippen LogP) is 0.362. The Hall–Kier alpha value is -2.88. The lowest BCUT2D eigenvalue weighted by Gasteiger charge is -2.24. The van der Waals surface area contributed by atoms with Gasteiger partial charge in [0.25, 0.3) is 5.91 Å². The van der Waals surface area contributed by atoms with Gasteiger partial charge in [-0.15, -0.1) is 0 Å². The van der Waals surface area contributed by atoms with Gasteiger partial charge >= 0.3 is 0 Å². The molecule has 1 fully saturated rings. The first-order valence-corrected chi connectivity index (χ1v) is 11.7. The number of imide groups is 1. The van der Waals surface area contributed by atoms with Crippen molar-refractivity contribution in [2.45, 2.75) is 64.3 Å². The lowest BCUT2D eigenvalue weighted by molar-refractivity contribution is -0.139. The number of amides is 5. The third-order valence-electron chi connectivity index (χ3n) is 5.45. The minimum atomic E-state index is -0.870. The number of hydrogen-bond donors (Lipinski definition) is 3. The van der Waals surface area contributed by atoms with E-state index in [9.17, 15) is 24.0 Å². The van der Waals surface area contributed by atoms with Crippen molar-refractivity contribution < 1.29 is 24.0 Å². The van der Waals surface area contributed by atoms with Gasteiger partial charge in [-0.2, -0.15) is 0 Å². The second-order valence-corrected chi connectivity index (χ2v) is 9.15. The highest BCUT2D eigenvalue weighted by Gasteiger charge is 2.40. The Kier molecular flexibility index (Phi) is 9.45. The Morgan fingerprint density at radius 2 is 1.70 bits per heavy atom. The zero-order chi connectivity index (χ0) is 24.7. The Morgan fingerprint density at radius 3 is 2.21 bits per heavy atom. The van der Waals surface area contributed by atoms with Gasteiger partial charge in [-0.1, -0.05) is 32.9 Å². The van der Waals surface area contributed by atoms with E-state index in [0.717, 1.165) is 16.9 Å². The molecule has 0 saturated carbocycles. The van der Waals surface area contributed by atoms with E-state index in [4.69, 9.17) is 0 Å². The van der Waals surface area contributed by atoms with E-state index < -0.39 is 29.1 Å². The number of carbonyl (C=O) groups excluding carboxylic acids is 5. The van der Waals surface area contributed by atoms with Crippen molar-refractivity contribution in [3.8, 4) is 0 Å². The van der Waals surface area contributed by atoms with Gasteiger partial charge in [0, 0.05) is 18.7 Å². The number of carbonyl (C=O) groups is 5. The molecule has 2 unspecified atom stereocenters. The molecule has 1 saturated heterocycles. The molecule has 9 nitrogen and oxygen atoms in total. The van der Waals surface area contributed by atoms with Crippen molar-refractivity contribution in [2.75, 3.05) is 11.9 Å². The van der Waals surface area contributed by atoms with E-state index in [1.165, 1.54) is 0 Å². The van der Waals surface area contributed by atoms with Gasteiger partial charge in [-0.25, -0.2) is 0 Å². The number of hydrogen-bond acceptors (Lipinski definition) is 5. The van der Waals surface area contributed by atoms with Crippen molar-refractivity contribution >= 4 is 47.9 Å². The Labute approximate surface area is 199 Å². The third kappa shape index (κ3) is 7.31. The number of benzene rings is 1. The molecular weight excluding hydrogens is 444 g/mol. The predicted molar refractivity (Wildman–Crippen MR) is 129 cm³/mol. The molecular formula is C23H33N4O5S+. The summed E-state index contributed by atoms with van der Waals surface area (Å²) in [5.41, 5.74) is 1.78.